The minimum absolute atomic E-state index is 0.174. The van der Waals surface area contributed by atoms with Crippen LogP contribution in [0, 0.1) is 0 Å². The van der Waals surface area contributed by atoms with Gasteiger partial charge in [-0.05, 0) is 18.2 Å². The van der Waals surface area contributed by atoms with Crippen molar-refractivity contribution in [3.8, 4) is 5.75 Å². The average molecular weight is 300 g/mol. The van der Waals surface area contributed by atoms with Crippen molar-refractivity contribution in [2.24, 2.45) is 0 Å². The molecule has 20 heavy (non-hydrogen) atoms. The molecule has 2 nitrogen and oxygen atoms in total. The fraction of sp³-hybridized carbons (Fsp3) is 0.417. The van der Waals surface area contributed by atoms with E-state index in [0.29, 0.717) is 12.1 Å². The first-order chi connectivity index (χ1) is 9.29. The number of benzene rings is 1. The van der Waals surface area contributed by atoms with Gasteiger partial charge in [0.1, 0.15) is 12.0 Å². The van der Waals surface area contributed by atoms with Gasteiger partial charge >= 0.3 is 6.18 Å². The highest BCUT2D eigenvalue weighted by Gasteiger charge is 2.36. The molecule has 0 spiro atoms. The third kappa shape index (κ3) is 4.14. The first kappa shape index (κ1) is 16.3. The van der Waals surface area contributed by atoms with Gasteiger partial charge in [-0.25, -0.2) is 4.39 Å². The summed E-state index contributed by atoms with van der Waals surface area (Å²) in [6.07, 6.45) is -10.7. The topological polar surface area (TPSA) is 26.3 Å². The number of hydrogen-bond donors (Lipinski definition) is 0. The average Bonchev–Trinajstić information content (AvgIpc) is 2.38. The maximum atomic E-state index is 13.2. The van der Waals surface area contributed by atoms with Gasteiger partial charge in [0.05, 0.1) is 12.2 Å². The monoisotopic (exact) mass is 300 g/mol. The zero-order chi connectivity index (χ0) is 15.3. The van der Waals surface area contributed by atoms with Gasteiger partial charge in [0.15, 0.2) is 6.17 Å². The molecule has 1 aromatic rings. The van der Waals surface area contributed by atoms with Gasteiger partial charge in [0.2, 0.25) is 0 Å². The Labute approximate surface area is 110 Å². The Balaban J connectivity index is 3.02. The predicted octanol–water partition coefficient (Wildman–Crippen LogP) is 3.89. The van der Waals surface area contributed by atoms with Crippen LogP contribution >= 0.6 is 0 Å². The summed E-state index contributed by atoms with van der Waals surface area (Å²) in [4.78, 5) is 10.4. The minimum Gasteiger partial charge on any atom is -0.457 e. The Kier molecular flexibility index (Phi) is 5.41. The molecule has 0 fully saturated rings. The highest BCUT2D eigenvalue weighted by molar-refractivity contribution is 5.75. The molecule has 0 amide bonds. The lowest BCUT2D eigenvalue weighted by atomic mass is 10.1. The van der Waals surface area contributed by atoms with Gasteiger partial charge in [0, 0.05) is 12.0 Å². The Hall–Kier alpha value is -1.73. The molecule has 8 heteroatoms. The molecule has 2 atom stereocenters. The number of carbonyl (C=O) groups is 1. The van der Waals surface area contributed by atoms with E-state index in [1.165, 1.54) is 0 Å². The van der Waals surface area contributed by atoms with Gasteiger partial charge in [-0.2, -0.15) is 17.6 Å². The summed E-state index contributed by atoms with van der Waals surface area (Å²) in [6.45, 7) is -1.17. The van der Waals surface area contributed by atoms with Gasteiger partial charge in [-0.3, -0.25) is 9.18 Å². The van der Waals surface area contributed by atoms with Crippen LogP contribution in [0.1, 0.15) is 22.3 Å². The van der Waals surface area contributed by atoms with E-state index in [0.717, 1.165) is 6.07 Å². The van der Waals surface area contributed by atoms with Crippen LogP contribution in [0.25, 0.3) is 0 Å². The molecule has 0 aromatic heterocycles. The zero-order valence-corrected chi connectivity index (χ0v) is 9.96. The van der Waals surface area contributed by atoms with E-state index in [-0.39, 0.29) is 11.8 Å². The molecule has 0 aliphatic heterocycles. The smallest absolute Gasteiger partial charge is 0.419 e. The second-order valence-electron chi connectivity index (χ2n) is 3.83. The summed E-state index contributed by atoms with van der Waals surface area (Å²) < 4.78 is 80.3. The number of halogens is 6. The van der Waals surface area contributed by atoms with E-state index < -0.39 is 43.1 Å². The van der Waals surface area contributed by atoms with Crippen molar-refractivity contribution in [2.75, 3.05) is 6.67 Å². The molecule has 0 radical (unpaired) electrons. The minimum atomic E-state index is -4.90. The molecule has 0 N–H and O–H groups in total. The second-order valence-corrected chi connectivity index (χ2v) is 3.83. The quantitative estimate of drug-likeness (QED) is 0.588. The SMILES string of the molecule is O=Cc1ccc(OC(F)C(F)CCF)c(C(F)(F)F)c1. The van der Waals surface area contributed by atoms with Crippen molar-refractivity contribution in [3.63, 3.8) is 0 Å². The number of ether oxygens (including phenoxy) is 1. The van der Waals surface area contributed by atoms with Crippen molar-refractivity contribution in [1.29, 1.82) is 0 Å². The summed E-state index contributed by atoms with van der Waals surface area (Å²) in [5.41, 5.74) is -1.70. The van der Waals surface area contributed by atoms with Gasteiger partial charge < -0.3 is 4.74 Å². The maximum Gasteiger partial charge on any atom is 0.419 e. The number of hydrogen-bond acceptors (Lipinski definition) is 2. The largest absolute Gasteiger partial charge is 0.457 e. The number of aldehydes is 1. The van der Waals surface area contributed by atoms with E-state index >= 15 is 0 Å². The van der Waals surface area contributed by atoms with Crippen LogP contribution in [0.5, 0.6) is 5.75 Å². The molecule has 0 heterocycles. The molecule has 112 valence electrons. The molecule has 0 saturated heterocycles. The number of carbonyl (C=O) groups excluding carboxylic acids is 1. The fourth-order valence-corrected chi connectivity index (χ4v) is 1.38. The third-order valence-electron chi connectivity index (χ3n) is 2.35. The van der Waals surface area contributed by atoms with Gasteiger partial charge in [-0.15, -0.1) is 0 Å². The van der Waals surface area contributed by atoms with E-state index in [2.05, 4.69) is 4.74 Å². The van der Waals surface area contributed by atoms with E-state index in [1.54, 1.807) is 0 Å². The van der Waals surface area contributed by atoms with Crippen LogP contribution in [-0.4, -0.2) is 25.5 Å². The first-order valence-electron chi connectivity index (χ1n) is 5.46. The summed E-state index contributed by atoms with van der Waals surface area (Å²) in [5.74, 6) is -0.961. The first-order valence-corrected chi connectivity index (χ1v) is 5.46. The molecule has 0 aliphatic carbocycles. The zero-order valence-electron chi connectivity index (χ0n) is 9.96. The van der Waals surface area contributed by atoms with Crippen LogP contribution in [0.15, 0.2) is 18.2 Å². The van der Waals surface area contributed by atoms with Crippen molar-refractivity contribution >= 4 is 6.29 Å². The molecule has 0 saturated carbocycles. The van der Waals surface area contributed by atoms with Crippen molar-refractivity contribution < 1.29 is 35.9 Å². The number of alkyl halides is 6. The van der Waals surface area contributed by atoms with Crippen molar-refractivity contribution in [2.45, 2.75) is 25.1 Å². The Morgan fingerprint density at radius 2 is 1.90 bits per heavy atom. The lowest BCUT2D eigenvalue weighted by molar-refractivity contribution is -0.140. The van der Waals surface area contributed by atoms with E-state index in [9.17, 15) is 31.1 Å². The van der Waals surface area contributed by atoms with E-state index in [1.807, 2.05) is 0 Å². The van der Waals surface area contributed by atoms with Crippen LogP contribution < -0.4 is 4.74 Å². The van der Waals surface area contributed by atoms with Gasteiger partial charge in [0.25, 0.3) is 6.36 Å². The second kappa shape index (κ2) is 6.62. The molecule has 2 unspecified atom stereocenters. The molecule has 1 rings (SSSR count). The normalized spacial score (nSPS) is 14.7. The van der Waals surface area contributed by atoms with Crippen molar-refractivity contribution in [1.82, 2.24) is 0 Å². The maximum absolute atomic E-state index is 13.2. The summed E-state index contributed by atoms with van der Waals surface area (Å²) in [6, 6.07) is 2.13. The third-order valence-corrected chi connectivity index (χ3v) is 2.35. The Bertz CT molecular complexity index is 460. The highest BCUT2D eigenvalue weighted by atomic mass is 19.4. The Morgan fingerprint density at radius 3 is 2.40 bits per heavy atom. The molecule has 0 bridgehead atoms. The van der Waals surface area contributed by atoms with Crippen LogP contribution in [0.3, 0.4) is 0 Å². The van der Waals surface area contributed by atoms with E-state index in [4.69, 9.17) is 0 Å². The number of rotatable bonds is 6. The molecular formula is C12H10F6O2. The standard InChI is InChI=1S/C12H10F6O2/c13-4-3-9(14)11(15)20-10-2-1-7(6-19)5-8(10)12(16,17)18/h1-2,5-6,9,11H,3-4H2. The summed E-state index contributed by atoms with van der Waals surface area (Å²) in [7, 11) is 0. The van der Waals surface area contributed by atoms with Crippen molar-refractivity contribution in [3.05, 3.63) is 29.3 Å². The highest BCUT2D eigenvalue weighted by Crippen LogP contribution is 2.37. The predicted molar refractivity (Wildman–Crippen MR) is 57.8 cm³/mol. The molecule has 0 aliphatic rings. The van der Waals surface area contributed by atoms with Crippen LogP contribution in [0.4, 0.5) is 26.3 Å². The summed E-state index contributed by atoms with van der Waals surface area (Å²) in [5, 5.41) is 0. The van der Waals surface area contributed by atoms with Crippen LogP contribution in [-0.2, 0) is 6.18 Å². The molecular weight excluding hydrogens is 290 g/mol. The molecule has 1 aromatic carbocycles. The fourth-order valence-electron chi connectivity index (χ4n) is 1.38. The summed E-state index contributed by atoms with van der Waals surface area (Å²) >= 11 is 0. The van der Waals surface area contributed by atoms with Gasteiger partial charge in [-0.1, -0.05) is 0 Å². The lowest BCUT2D eigenvalue weighted by Gasteiger charge is -2.18. The lowest BCUT2D eigenvalue weighted by Crippen LogP contribution is -2.25. The van der Waals surface area contributed by atoms with Crippen LogP contribution in [0.2, 0.25) is 0 Å². The Morgan fingerprint density at radius 1 is 1.25 bits per heavy atom.